The van der Waals surface area contributed by atoms with Crippen LogP contribution in [0.2, 0.25) is 0 Å². The van der Waals surface area contributed by atoms with Crippen LogP contribution in [0.1, 0.15) is 0 Å². The molecule has 0 aliphatic carbocycles. The van der Waals surface area contributed by atoms with Crippen LogP contribution in [0, 0.1) is 6.92 Å². The molecule has 0 amide bonds. The third-order valence-electron chi connectivity index (χ3n) is 0.654. The minimum absolute atomic E-state index is 0.107. The first-order valence-electron chi connectivity index (χ1n) is 1.92. The van der Waals surface area contributed by atoms with E-state index >= 15 is 0 Å². The van der Waals surface area contributed by atoms with Crippen LogP contribution in [0.3, 0.4) is 0 Å². The van der Waals surface area contributed by atoms with Crippen molar-refractivity contribution in [2.24, 2.45) is 0 Å². The highest BCUT2D eigenvalue weighted by molar-refractivity contribution is 7.52. The largest absolute Gasteiger partial charge is 0.329 e. The van der Waals surface area contributed by atoms with Crippen LogP contribution in [0.4, 0.5) is 0 Å². The zero-order valence-electron chi connectivity index (χ0n) is 4.12. The Morgan fingerprint density at radius 2 is 2.12 bits per heavy atom. The highest BCUT2D eigenvalue weighted by atomic mass is 35.5. The van der Waals surface area contributed by atoms with Crippen molar-refractivity contribution in [2.75, 3.05) is 5.88 Å². The molecule has 0 saturated heterocycles. The maximum absolute atomic E-state index is 10.1. The van der Waals surface area contributed by atoms with E-state index in [1.807, 2.05) is 0 Å². The van der Waals surface area contributed by atoms with E-state index in [0.29, 0.717) is 0 Å². The molecule has 0 saturated carbocycles. The van der Waals surface area contributed by atoms with E-state index in [9.17, 15) is 4.57 Å². The summed E-state index contributed by atoms with van der Waals surface area (Å²) in [6.07, 6.45) is 0. The Balaban J connectivity index is 3.82. The average Bonchev–Trinajstić information content (AvgIpc) is 1.62. The molecule has 0 aliphatic heterocycles. The monoisotopic (exact) mass is 157 g/mol. The second kappa shape index (κ2) is 2.83. The molecular weight excluding hydrogens is 150 g/mol. The molecule has 3 nitrogen and oxygen atoms in total. The molecule has 1 radical (unpaired) electrons. The molecule has 0 aliphatic rings. The first kappa shape index (κ1) is 8.44. The molecule has 0 fully saturated rings. The van der Waals surface area contributed by atoms with Crippen molar-refractivity contribution in [3.8, 4) is 0 Å². The van der Waals surface area contributed by atoms with Crippen LogP contribution in [-0.4, -0.2) is 21.3 Å². The minimum Gasteiger partial charge on any atom is -0.324 e. The SMILES string of the molecule is [CH2]C(CCl)P(=O)(O)O. The van der Waals surface area contributed by atoms with Gasteiger partial charge in [-0.25, -0.2) is 0 Å². The van der Waals surface area contributed by atoms with E-state index in [1.165, 1.54) is 0 Å². The van der Waals surface area contributed by atoms with Gasteiger partial charge in [-0.1, -0.05) is 0 Å². The maximum atomic E-state index is 10.1. The van der Waals surface area contributed by atoms with Crippen LogP contribution >= 0.6 is 19.2 Å². The number of hydrogen-bond acceptors (Lipinski definition) is 1. The molecule has 0 aromatic rings. The summed E-state index contributed by atoms with van der Waals surface area (Å²) >= 11 is 5.08. The van der Waals surface area contributed by atoms with Gasteiger partial charge in [-0.05, 0) is 6.92 Å². The minimum atomic E-state index is -4.00. The Kier molecular flexibility index (Phi) is 2.99. The summed E-state index contributed by atoms with van der Waals surface area (Å²) in [6, 6.07) is 0. The van der Waals surface area contributed by atoms with Gasteiger partial charge in [-0.15, -0.1) is 11.6 Å². The lowest BCUT2D eigenvalue weighted by Crippen LogP contribution is -2.03. The molecule has 0 rings (SSSR count). The van der Waals surface area contributed by atoms with Crippen LogP contribution in [0.15, 0.2) is 0 Å². The Hall–Kier alpha value is 0.440. The molecule has 1 atom stereocenters. The molecule has 0 spiro atoms. The molecule has 0 heterocycles. The highest BCUT2D eigenvalue weighted by Crippen LogP contribution is 2.40. The number of alkyl halides is 1. The van der Waals surface area contributed by atoms with Gasteiger partial charge in [0.25, 0.3) is 0 Å². The predicted molar refractivity (Wildman–Crippen MR) is 31.9 cm³/mol. The number of halogens is 1. The lowest BCUT2D eigenvalue weighted by molar-refractivity contribution is 0.367. The Bertz CT molecular complexity index is 109. The maximum Gasteiger partial charge on any atom is 0.329 e. The highest BCUT2D eigenvalue weighted by Gasteiger charge is 2.22. The molecule has 0 aromatic heterocycles. The van der Waals surface area contributed by atoms with Gasteiger partial charge in [-0.3, -0.25) is 4.57 Å². The summed E-state index contributed by atoms with van der Waals surface area (Å²) in [4.78, 5) is 16.5. The van der Waals surface area contributed by atoms with Gasteiger partial charge in [0.1, 0.15) is 0 Å². The van der Waals surface area contributed by atoms with Crippen LogP contribution in [0.25, 0.3) is 0 Å². The van der Waals surface area contributed by atoms with Gasteiger partial charge < -0.3 is 9.79 Å². The second-order valence-corrected chi connectivity index (χ2v) is 3.61. The lowest BCUT2D eigenvalue weighted by Gasteiger charge is -2.07. The van der Waals surface area contributed by atoms with E-state index in [2.05, 4.69) is 6.92 Å². The van der Waals surface area contributed by atoms with Crippen molar-refractivity contribution >= 4 is 19.2 Å². The van der Waals surface area contributed by atoms with Crippen LogP contribution in [0.5, 0.6) is 0 Å². The van der Waals surface area contributed by atoms with Gasteiger partial charge in [0.15, 0.2) is 0 Å². The molecule has 8 heavy (non-hydrogen) atoms. The third kappa shape index (κ3) is 2.68. The smallest absolute Gasteiger partial charge is 0.324 e. The summed E-state index contributed by atoms with van der Waals surface area (Å²) in [7, 11) is -4.00. The second-order valence-electron chi connectivity index (χ2n) is 1.40. The third-order valence-corrected chi connectivity index (χ3v) is 2.38. The molecule has 2 N–H and O–H groups in total. The molecule has 0 bridgehead atoms. The van der Waals surface area contributed by atoms with Crippen molar-refractivity contribution in [1.82, 2.24) is 0 Å². The van der Waals surface area contributed by atoms with E-state index < -0.39 is 13.3 Å². The molecule has 1 unspecified atom stereocenters. The molecule has 5 heteroatoms. The van der Waals surface area contributed by atoms with E-state index in [0.717, 1.165) is 0 Å². The van der Waals surface area contributed by atoms with Crippen molar-refractivity contribution in [3.63, 3.8) is 0 Å². The normalized spacial score (nSPS) is 16.0. The summed E-state index contributed by atoms with van der Waals surface area (Å²) in [5.41, 5.74) is -0.968. The summed E-state index contributed by atoms with van der Waals surface area (Å²) in [6.45, 7) is 3.13. The number of hydrogen-bond donors (Lipinski definition) is 2. The van der Waals surface area contributed by atoms with Gasteiger partial charge in [0.05, 0.1) is 5.66 Å². The van der Waals surface area contributed by atoms with Gasteiger partial charge >= 0.3 is 7.60 Å². The fourth-order valence-electron chi connectivity index (χ4n) is 0.0899. The van der Waals surface area contributed by atoms with Crippen molar-refractivity contribution in [2.45, 2.75) is 5.66 Å². The Morgan fingerprint density at radius 3 is 2.12 bits per heavy atom. The predicted octanol–water partition coefficient (Wildman–Crippen LogP) is 0.606. The molecule has 0 aromatic carbocycles. The van der Waals surface area contributed by atoms with Crippen molar-refractivity contribution in [3.05, 3.63) is 6.92 Å². The lowest BCUT2D eigenvalue weighted by atomic mass is 10.6. The van der Waals surface area contributed by atoms with Crippen molar-refractivity contribution < 1.29 is 14.4 Å². The number of rotatable bonds is 2. The topological polar surface area (TPSA) is 57.5 Å². The molecular formula is C3H7ClO3P. The average molecular weight is 158 g/mol. The zero-order valence-corrected chi connectivity index (χ0v) is 5.77. The van der Waals surface area contributed by atoms with E-state index in [-0.39, 0.29) is 5.88 Å². The summed E-state index contributed by atoms with van der Waals surface area (Å²) < 4.78 is 10.1. The fraction of sp³-hybridized carbons (Fsp3) is 0.667. The van der Waals surface area contributed by atoms with E-state index in [4.69, 9.17) is 21.4 Å². The zero-order chi connectivity index (χ0) is 6.78. The quantitative estimate of drug-likeness (QED) is 0.456. The first-order valence-corrected chi connectivity index (χ1v) is 4.14. The van der Waals surface area contributed by atoms with Crippen molar-refractivity contribution in [1.29, 1.82) is 0 Å². The van der Waals surface area contributed by atoms with Gasteiger partial charge in [0.2, 0.25) is 0 Å². The first-order chi connectivity index (χ1) is 3.48. The Morgan fingerprint density at radius 1 is 1.75 bits per heavy atom. The Labute approximate surface area is 52.8 Å². The molecule has 49 valence electrons. The van der Waals surface area contributed by atoms with Gasteiger partial charge in [0, 0.05) is 5.88 Å². The summed E-state index contributed by atoms with van der Waals surface area (Å²) in [5.74, 6) is -0.107. The standard InChI is InChI=1S/C3H7ClO3P/c1-3(2-4)8(5,6)7/h3H,1-2H2,(H2,5,6,7). The summed E-state index contributed by atoms with van der Waals surface area (Å²) in [5, 5.41) is 0. The van der Waals surface area contributed by atoms with E-state index in [1.54, 1.807) is 0 Å². The van der Waals surface area contributed by atoms with Gasteiger partial charge in [-0.2, -0.15) is 0 Å². The van der Waals surface area contributed by atoms with Crippen LogP contribution in [-0.2, 0) is 4.57 Å². The van der Waals surface area contributed by atoms with Crippen LogP contribution < -0.4 is 0 Å². The fourth-order valence-corrected chi connectivity index (χ4v) is 0.809.